The van der Waals surface area contributed by atoms with Crippen molar-refractivity contribution in [2.24, 2.45) is 5.92 Å². The third kappa shape index (κ3) is 3.73. The fraction of sp³-hybridized carbons (Fsp3) is 0.636. The number of rotatable bonds is 4. The lowest BCUT2D eigenvalue weighted by Crippen LogP contribution is -2.25. The molecule has 0 aliphatic heterocycles. The first-order valence-electron chi connectivity index (χ1n) is 5.32. The second-order valence-electron chi connectivity index (χ2n) is 4.46. The van der Waals surface area contributed by atoms with E-state index in [9.17, 15) is 4.79 Å². The predicted octanol–water partition coefficient (Wildman–Crippen LogP) is 1.72. The molecule has 1 rings (SSSR count). The molecule has 84 valence electrons. The molecule has 0 amide bonds. The average Bonchev–Trinajstić information content (AvgIpc) is 2.08. The average molecular weight is 209 g/mol. The van der Waals surface area contributed by atoms with E-state index in [2.05, 4.69) is 24.3 Å². The number of nitrogens with one attached hydrogen (secondary N) is 1. The Labute approximate surface area is 90.3 Å². The van der Waals surface area contributed by atoms with Gasteiger partial charge in [0.2, 0.25) is 0 Å². The van der Waals surface area contributed by atoms with Gasteiger partial charge in [-0.1, -0.05) is 13.8 Å². The van der Waals surface area contributed by atoms with Crippen molar-refractivity contribution in [3.8, 4) is 0 Å². The highest BCUT2D eigenvalue weighted by Crippen LogP contribution is 2.02. The lowest BCUT2D eigenvalue weighted by atomic mass is 10.2. The summed E-state index contributed by atoms with van der Waals surface area (Å²) in [5.74, 6) is 0.430. The smallest absolute Gasteiger partial charge is 0.268 e. The molecule has 4 nitrogen and oxygen atoms in total. The molecular formula is C11H19N3O. The van der Waals surface area contributed by atoms with Crippen molar-refractivity contribution >= 4 is 5.69 Å². The second kappa shape index (κ2) is 4.96. The molecule has 1 heterocycles. The molecule has 0 aliphatic carbocycles. The summed E-state index contributed by atoms with van der Waals surface area (Å²) in [6.45, 7) is 8.85. The molecule has 15 heavy (non-hydrogen) atoms. The first-order valence-corrected chi connectivity index (χ1v) is 5.32. The van der Waals surface area contributed by atoms with E-state index in [0.717, 1.165) is 5.69 Å². The Kier molecular flexibility index (Phi) is 3.88. The molecule has 0 bridgehead atoms. The molecule has 1 aromatic heterocycles. The van der Waals surface area contributed by atoms with Gasteiger partial charge in [-0.05, 0) is 19.8 Å². The van der Waals surface area contributed by atoms with Gasteiger partial charge in [0, 0.05) is 18.7 Å². The van der Waals surface area contributed by atoms with Gasteiger partial charge in [-0.3, -0.25) is 4.79 Å². The summed E-state index contributed by atoms with van der Waals surface area (Å²) in [7, 11) is 0. The molecule has 0 spiro atoms. The molecule has 1 aromatic rings. The third-order valence-electron chi connectivity index (χ3n) is 1.86. The molecule has 0 unspecified atom stereocenters. The van der Waals surface area contributed by atoms with Crippen molar-refractivity contribution in [1.29, 1.82) is 0 Å². The number of aromatic nitrogens is 2. The van der Waals surface area contributed by atoms with Gasteiger partial charge in [-0.15, -0.1) is 0 Å². The minimum absolute atomic E-state index is 0.0469. The minimum atomic E-state index is -0.0469. The first-order chi connectivity index (χ1) is 6.99. The van der Waals surface area contributed by atoms with Crippen LogP contribution in [0.4, 0.5) is 5.69 Å². The molecule has 0 saturated heterocycles. The fourth-order valence-electron chi connectivity index (χ4n) is 1.33. The second-order valence-corrected chi connectivity index (χ2v) is 4.46. The minimum Gasteiger partial charge on any atom is -0.381 e. The largest absolute Gasteiger partial charge is 0.381 e. The van der Waals surface area contributed by atoms with Gasteiger partial charge in [-0.25, -0.2) is 4.68 Å². The van der Waals surface area contributed by atoms with E-state index in [1.807, 2.05) is 13.8 Å². The van der Waals surface area contributed by atoms with Gasteiger partial charge in [0.15, 0.2) is 0 Å². The molecular weight excluding hydrogens is 190 g/mol. The van der Waals surface area contributed by atoms with Gasteiger partial charge in [0.25, 0.3) is 5.56 Å². The summed E-state index contributed by atoms with van der Waals surface area (Å²) in [5.41, 5.74) is 0.740. The van der Waals surface area contributed by atoms with Crippen LogP contribution in [-0.2, 0) is 6.54 Å². The summed E-state index contributed by atoms with van der Waals surface area (Å²) in [5, 5.41) is 7.26. The molecule has 4 heteroatoms. The zero-order valence-corrected chi connectivity index (χ0v) is 9.82. The van der Waals surface area contributed by atoms with Crippen LogP contribution in [0.5, 0.6) is 0 Å². The Morgan fingerprint density at radius 1 is 1.40 bits per heavy atom. The van der Waals surface area contributed by atoms with Gasteiger partial charge < -0.3 is 5.32 Å². The maximum absolute atomic E-state index is 11.6. The van der Waals surface area contributed by atoms with E-state index in [1.165, 1.54) is 4.68 Å². The number of nitrogens with zero attached hydrogens (tertiary/aromatic N) is 2. The highest BCUT2D eigenvalue weighted by molar-refractivity contribution is 5.39. The number of hydrogen-bond donors (Lipinski definition) is 1. The van der Waals surface area contributed by atoms with Crippen LogP contribution in [0.25, 0.3) is 0 Å². The normalized spacial score (nSPS) is 11.1. The molecule has 0 saturated carbocycles. The van der Waals surface area contributed by atoms with Crippen molar-refractivity contribution in [2.75, 3.05) is 5.32 Å². The Hall–Kier alpha value is -1.32. The van der Waals surface area contributed by atoms with Crippen molar-refractivity contribution in [2.45, 2.75) is 40.3 Å². The Morgan fingerprint density at radius 3 is 2.53 bits per heavy atom. The quantitative estimate of drug-likeness (QED) is 0.821. The molecule has 0 aliphatic rings. The van der Waals surface area contributed by atoms with Crippen LogP contribution in [-0.4, -0.2) is 15.8 Å². The van der Waals surface area contributed by atoms with Crippen molar-refractivity contribution < 1.29 is 0 Å². The zero-order valence-electron chi connectivity index (χ0n) is 9.82. The van der Waals surface area contributed by atoms with Crippen molar-refractivity contribution in [1.82, 2.24) is 9.78 Å². The van der Waals surface area contributed by atoms with E-state index < -0.39 is 0 Å². The summed E-state index contributed by atoms with van der Waals surface area (Å²) in [6, 6.07) is 1.90. The SMILES string of the molecule is CC(C)Cn1ncc(NC(C)C)cc1=O. The lowest BCUT2D eigenvalue weighted by molar-refractivity contribution is 0.464. The van der Waals surface area contributed by atoms with Gasteiger partial charge in [-0.2, -0.15) is 5.10 Å². The zero-order chi connectivity index (χ0) is 11.4. The van der Waals surface area contributed by atoms with Crippen molar-refractivity contribution in [3.05, 3.63) is 22.6 Å². The molecule has 0 atom stereocenters. The first kappa shape index (κ1) is 11.8. The molecule has 0 radical (unpaired) electrons. The summed E-state index contributed by atoms with van der Waals surface area (Å²) < 4.78 is 1.50. The Morgan fingerprint density at radius 2 is 2.07 bits per heavy atom. The molecule has 1 N–H and O–H groups in total. The fourth-order valence-corrected chi connectivity index (χ4v) is 1.33. The monoisotopic (exact) mass is 209 g/mol. The van der Waals surface area contributed by atoms with Crippen molar-refractivity contribution in [3.63, 3.8) is 0 Å². The lowest BCUT2D eigenvalue weighted by Gasteiger charge is -2.11. The van der Waals surface area contributed by atoms with Crippen LogP contribution in [0, 0.1) is 5.92 Å². The third-order valence-corrected chi connectivity index (χ3v) is 1.86. The van der Waals surface area contributed by atoms with E-state index >= 15 is 0 Å². The maximum Gasteiger partial charge on any atom is 0.268 e. The van der Waals surface area contributed by atoms with E-state index in [4.69, 9.17) is 0 Å². The van der Waals surface area contributed by atoms with Crippen LogP contribution in [0.1, 0.15) is 27.7 Å². The van der Waals surface area contributed by atoms with Crippen LogP contribution in [0.3, 0.4) is 0 Å². The number of anilines is 1. The Balaban J connectivity index is 2.84. The highest BCUT2D eigenvalue weighted by Gasteiger charge is 2.02. The van der Waals surface area contributed by atoms with Gasteiger partial charge in [0.1, 0.15) is 0 Å². The molecule has 0 aromatic carbocycles. The highest BCUT2D eigenvalue weighted by atomic mass is 16.1. The van der Waals surface area contributed by atoms with E-state index in [-0.39, 0.29) is 5.56 Å². The van der Waals surface area contributed by atoms with Crippen LogP contribution < -0.4 is 10.9 Å². The standard InChI is InChI=1S/C11H19N3O/c1-8(2)7-14-11(15)5-10(6-12-14)13-9(3)4/h5-6,8-9,13H,7H2,1-4H3. The topological polar surface area (TPSA) is 46.9 Å². The summed E-state index contributed by atoms with van der Waals surface area (Å²) in [6.07, 6.45) is 1.70. The van der Waals surface area contributed by atoms with E-state index in [0.29, 0.717) is 18.5 Å². The van der Waals surface area contributed by atoms with Gasteiger partial charge >= 0.3 is 0 Å². The van der Waals surface area contributed by atoms with Crippen LogP contribution >= 0.6 is 0 Å². The van der Waals surface area contributed by atoms with E-state index in [1.54, 1.807) is 12.3 Å². The molecule has 0 fully saturated rings. The summed E-state index contributed by atoms with van der Waals surface area (Å²) in [4.78, 5) is 11.6. The van der Waals surface area contributed by atoms with Gasteiger partial charge in [0.05, 0.1) is 11.9 Å². The number of hydrogen-bond acceptors (Lipinski definition) is 3. The summed E-state index contributed by atoms with van der Waals surface area (Å²) >= 11 is 0. The van der Waals surface area contributed by atoms with Crippen LogP contribution in [0.2, 0.25) is 0 Å². The predicted molar refractivity (Wildman–Crippen MR) is 62.1 cm³/mol. The van der Waals surface area contributed by atoms with Crippen LogP contribution in [0.15, 0.2) is 17.1 Å². The maximum atomic E-state index is 11.6. The Bertz CT molecular complexity index is 368.